The van der Waals surface area contributed by atoms with E-state index in [9.17, 15) is 52.8 Å². The molecule has 6 N–H and O–H groups in total. The maximum atomic E-state index is 13.4. The van der Waals surface area contributed by atoms with E-state index in [-0.39, 0.29) is 73.7 Å². The number of pyridine rings is 3. The van der Waals surface area contributed by atoms with Crippen LogP contribution >= 0.6 is 68.8 Å². The standard InChI is InChI=1S/3C21H20ClFN4O3S2.3CH4/c3*1-12-3-4-13(11-24-12)19-7-8-20(31-19)17-10-18(27(2)32(29,30)26-17)21(28)25-14-5-6-16(23)15(22)9-14;;;/h3*3-9,11,17-18,26H,10H2,1-2H3,(H,25,28);3*1H4/t2*17-,18+;;;;/m10..../s1. The third-order valence-corrected chi connectivity index (χ3v) is 25.1. The number of carbonyl (C=O) groups excluding carboxylic acids is 3. The summed E-state index contributed by atoms with van der Waals surface area (Å²) in [6.07, 6.45) is 5.99. The summed E-state index contributed by atoms with van der Waals surface area (Å²) in [6, 6.07) is 29.7. The minimum atomic E-state index is -3.89. The summed E-state index contributed by atoms with van der Waals surface area (Å²) in [5.74, 6) is -3.39. The number of aromatic nitrogens is 3. The second-order valence-corrected chi connectivity index (χ2v) is 32.2. The van der Waals surface area contributed by atoms with Crippen LogP contribution in [0.5, 0.6) is 0 Å². The van der Waals surface area contributed by atoms with Crippen LogP contribution < -0.4 is 30.1 Å². The molecular formula is C66H72Cl3F3N12O9S6. The van der Waals surface area contributed by atoms with Gasteiger partial charge in [0.25, 0.3) is 30.6 Å². The quantitative estimate of drug-likeness (QED) is 0.0666. The Balaban J connectivity index is 0.000000206. The molecule has 0 spiro atoms. The van der Waals surface area contributed by atoms with E-state index in [0.29, 0.717) is 0 Å². The minimum absolute atomic E-state index is 0. The van der Waals surface area contributed by atoms with Crippen LogP contribution in [0.1, 0.15) is 91.4 Å². The zero-order valence-corrected chi connectivity index (χ0v) is 58.7. The molecule has 3 aliphatic heterocycles. The number of rotatable bonds is 12. The third kappa shape index (κ3) is 19.1. The van der Waals surface area contributed by atoms with Gasteiger partial charge in [0.1, 0.15) is 35.6 Å². The molecule has 3 amide bonds. The van der Waals surface area contributed by atoms with Gasteiger partial charge >= 0.3 is 0 Å². The van der Waals surface area contributed by atoms with E-state index in [1.165, 1.54) is 91.6 Å². The topological polar surface area (TPSA) is 274 Å². The molecule has 3 saturated heterocycles. The summed E-state index contributed by atoms with van der Waals surface area (Å²) >= 11 is 21.7. The molecule has 0 aliphatic carbocycles. The molecule has 3 aromatic carbocycles. The van der Waals surface area contributed by atoms with Gasteiger partial charge in [0.2, 0.25) is 17.7 Å². The van der Waals surface area contributed by atoms with Crippen LogP contribution in [0.3, 0.4) is 0 Å². The van der Waals surface area contributed by atoms with E-state index in [0.717, 1.165) is 94.1 Å². The first-order valence-corrected chi connectivity index (χ1v) is 36.9. The van der Waals surface area contributed by atoms with E-state index in [2.05, 4.69) is 45.1 Å². The molecule has 99 heavy (non-hydrogen) atoms. The van der Waals surface area contributed by atoms with Gasteiger partial charge in [-0.1, -0.05) is 75.3 Å². The molecule has 6 atom stereocenters. The van der Waals surface area contributed by atoms with E-state index < -0.39 is 102 Å². The van der Waals surface area contributed by atoms with Crippen LogP contribution in [0.15, 0.2) is 146 Å². The first-order valence-electron chi connectivity index (χ1n) is 29.0. The summed E-state index contributed by atoms with van der Waals surface area (Å²) in [5, 5.41) is 7.48. The lowest BCUT2D eigenvalue weighted by molar-refractivity contribution is -0.120. The Morgan fingerprint density at radius 3 is 0.899 bits per heavy atom. The second kappa shape index (κ2) is 33.1. The highest BCUT2D eigenvalue weighted by Crippen LogP contribution is 2.40. The summed E-state index contributed by atoms with van der Waals surface area (Å²) in [6.45, 7) is 5.71. The number of benzene rings is 3. The molecule has 0 radical (unpaired) electrons. The Bertz CT molecular complexity index is 4260. The highest BCUT2D eigenvalue weighted by Gasteiger charge is 2.44. The second-order valence-electron chi connectivity index (χ2n) is 22.4. The van der Waals surface area contributed by atoms with Crippen molar-refractivity contribution in [2.24, 2.45) is 0 Å². The van der Waals surface area contributed by atoms with Gasteiger partial charge in [-0.05, 0) is 149 Å². The van der Waals surface area contributed by atoms with Gasteiger partial charge in [0.15, 0.2) is 0 Å². The van der Waals surface area contributed by atoms with E-state index >= 15 is 0 Å². The van der Waals surface area contributed by atoms with Crippen molar-refractivity contribution in [2.45, 2.75) is 98.6 Å². The van der Waals surface area contributed by atoms with E-state index in [4.69, 9.17) is 34.8 Å². The smallest absolute Gasteiger partial charge is 0.280 e. The van der Waals surface area contributed by atoms with Crippen molar-refractivity contribution >= 4 is 134 Å². The Morgan fingerprint density at radius 2 is 0.677 bits per heavy atom. The van der Waals surface area contributed by atoms with Gasteiger partial charge in [0.05, 0.1) is 33.2 Å². The van der Waals surface area contributed by atoms with Crippen molar-refractivity contribution in [3.05, 3.63) is 210 Å². The SMILES string of the molecule is C.C.C.Cc1ccc(-c2ccc(C3CC(C(=O)Nc4ccc(F)c(Cl)c4)N(C)S(=O)(=O)N3)s2)cn1.Cc1ccc(-c2ccc([C@@H]3C[C@H](C(=O)Nc4ccc(F)c(Cl)c4)N(C)S(=O)(=O)N3)s2)cn1.Cc1ccc(-c2ccc([C@H]3C[C@@H](C(=O)Nc4ccc(F)c(Cl)c4)N(C)S(=O)(=O)N3)s2)cn1. The molecule has 9 heterocycles. The fourth-order valence-electron chi connectivity index (χ4n) is 10.2. The van der Waals surface area contributed by atoms with Gasteiger partial charge < -0.3 is 16.0 Å². The Labute approximate surface area is 601 Å². The predicted octanol–water partition coefficient (Wildman–Crippen LogP) is 14.3. The van der Waals surface area contributed by atoms with Gasteiger partial charge in [0, 0.05) is 120 Å². The van der Waals surface area contributed by atoms with Crippen molar-refractivity contribution in [1.82, 2.24) is 42.0 Å². The number of thiophene rings is 3. The lowest BCUT2D eigenvalue weighted by Crippen LogP contribution is -2.55. The van der Waals surface area contributed by atoms with Gasteiger partial charge in [-0.25, -0.2) is 13.2 Å². The fourth-order valence-corrected chi connectivity index (χ4v) is 18.0. The van der Waals surface area contributed by atoms with Crippen molar-refractivity contribution in [2.75, 3.05) is 37.1 Å². The Kier molecular flexibility index (Phi) is 26.5. The number of hydrogen-bond acceptors (Lipinski definition) is 15. The molecule has 3 aliphatic rings. The number of amides is 3. The zero-order valence-electron chi connectivity index (χ0n) is 51.5. The average molecular weight is 1530 g/mol. The van der Waals surface area contributed by atoms with Crippen molar-refractivity contribution in [3.63, 3.8) is 0 Å². The fraction of sp³-hybridized carbons (Fsp3) is 0.273. The largest absolute Gasteiger partial charge is 0.325 e. The Hall–Kier alpha value is -7.11. The van der Waals surface area contributed by atoms with Gasteiger partial charge in [-0.2, -0.15) is 52.3 Å². The van der Waals surface area contributed by atoms with Crippen LogP contribution in [-0.2, 0) is 45.0 Å². The number of nitrogens with zero attached hydrogens (tertiary/aromatic N) is 6. The van der Waals surface area contributed by atoms with Crippen molar-refractivity contribution < 1.29 is 52.8 Å². The number of halogens is 6. The number of hydrogen-bond donors (Lipinski definition) is 6. The molecule has 3 fully saturated rings. The first kappa shape index (κ1) is 79.2. The van der Waals surface area contributed by atoms with Gasteiger partial charge in [-0.3, -0.25) is 29.3 Å². The molecule has 2 unspecified atom stereocenters. The van der Waals surface area contributed by atoms with Gasteiger partial charge in [-0.15, -0.1) is 34.0 Å². The lowest BCUT2D eigenvalue weighted by atomic mass is 10.1. The zero-order chi connectivity index (χ0) is 69.1. The molecule has 528 valence electrons. The van der Waals surface area contributed by atoms with E-state index in [1.807, 2.05) is 93.6 Å². The van der Waals surface area contributed by atoms with Crippen LogP contribution in [0, 0.1) is 38.2 Å². The molecule has 6 aromatic heterocycles. The van der Waals surface area contributed by atoms with Crippen molar-refractivity contribution in [3.8, 4) is 31.3 Å². The highest BCUT2D eigenvalue weighted by atomic mass is 35.5. The van der Waals surface area contributed by atoms with Crippen LogP contribution in [0.4, 0.5) is 30.2 Å². The highest BCUT2D eigenvalue weighted by molar-refractivity contribution is 7.87. The Morgan fingerprint density at radius 1 is 0.424 bits per heavy atom. The molecule has 0 saturated carbocycles. The summed E-state index contributed by atoms with van der Waals surface area (Å²) in [4.78, 5) is 56.9. The third-order valence-electron chi connectivity index (χ3n) is 15.7. The number of likely N-dealkylation sites (N-methyl/N-ethyl adjacent to an activating group) is 3. The normalized spacial score (nSPS) is 20.1. The predicted molar refractivity (Wildman–Crippen MR) is 390 cm³/mol. The maximum Gasteiger partial charge on any atom is 0.280 e. The average Bonchev–Trinajstić information content (AvgIpc) is 1.77. The summed E-state index contributed by atoms with van der Waals surface area (Å²) in [5.41, 5.74) is 6.38. The summed E-state index contributed by atoms with van der Waals surface area (Å²) in [7, 11) is -7.63. The number of aryl methyl sites for hydroxylation is 3. The van der Waals surface area contributed by atoms with Crippen LogP contribution in [-0.4, -0.2) is 110 Å². The maximum absolute atomic E-state index is 13.4. The molecule has 21 nitrogen and oxygen atoms in total. The molecule has 0 bridgehead atoms. The lowest BCUT2D eigenvalue weighted by Gasteiger charge is -2.35. The minimum Gasteiger partial charge on any atom is -0.325 e. The molecule has 33 heteroatoms. The number of carbonyl (C=O) groups is 3. The molecular weight excluding hydrogens is 1460 g/mol. The van der Waals surface area contributed by atoms with Crippen LogP contribution in [0.25, 0.3) is 31.3 Å². The molecule has 9 aromatic rings. The van der Waals surface area contributed by atoms with Crippen molar-refractivity contribution in [1.29, 1.82) is 0 Å². The number of nitrogens with one attached hydrogen (secondary N) is 6. The molecule has 12 rings (SSSR count). The number of anilines is 3. The first-order chi connectivity index (χ1) is 45.4. The monoisotopic (exact) mass is 1530 g/mol. The summed E-state index contributed by atoms with van der Waals surface area (Å²) < 4.78 is 127. The van der Waals surface area contributed by atoms with E-state index in [1.54, 1.807) is 18.6 Å². The van der Waals surface area contributed by atoms with Crippen LogP contribution in [0.2, 0.25) is 15.1 Å².